The van der Waals surface area contributed by atoms with Gasteiger partial charge in [-0.2, -0.15) is 10.1 Å². The number of hydrogen-bond donors (Lipinski definition) is 1. The molecule has 1 atom stereocenters. The number of aliphatic hydroxyl groups excluding tert-OH is 1. The Kier molecular flexibility index (Phi) is 1.51. The van der Waals surface area contributed by atoms with Gasteiger partial charge >= 0.3 is 0 Å². The van der Waals surface area contributed by atoms with Crippen LogP contribution >= 0.6 is 0 Å². The van der Waals surface area contributed by atoms with Crippen molar-refractivity contribution >= 4 is 5.78 Å². The highest BCUT2D eigenvalue weighted by molar-refractivity contribution is 5.26. The lowest BCUT2D eigenvalue weighted by Crippen LogP contribution is -1.98. The summed E-state index contributed by atoms with van der Waals surface area (Å²) in [4.78, 5) is 7.97. The van der Waals surface area contributed by atoms with Crippen LogP contribution in [0.3, 0.4) is 0 Å². The number of fused-ring (bicyclic) bond motifs is 1. The van der Waals surface area contributed by atoms with E-state index in [1.165, 1.54) is 6.33 Å². The first kappa shape index (κ1) is 7.17. The molecule has 62 valence electrons. The molecule has 0 bridgehead atoms. The van der Waals surface area contributed by atoms with E-state index in [0.29, 0.717) is 11.5 Å². The summed E-state index contributed by atoms with van der Waals surface area (Å²) < 4.78 is 1.55. The van der Waals surface area contributed by atoms with E-state index in [1.54, 1.807) is 23.7 Å². The molecule has 5 heteroatoms. The third-order valence-corrected chi connectivity index (χ3v) is 1.60. The van der Waals surface area contributed by atoms with Crippen molar-refractivity contribution in [3.8, 4) is 0 Å². The van der Waals surface area contributed by atoms with Gasteiger partial charge in [0, 0.05) is 6.20 Å². The Hall–Kier alpha value is -1.49. The van der Waals surface area contributed by atoms with Gasteiger partial charge in [0.2, 0.25) is 0 Å². The summed E-state index contributed by atoms with van der Waals surface area (Å²) in [5, 5.41) is 13.1. The van der Waals surface area contributed by atoms with Crippen LogP contribution in [0.5, 0.6) is 0 Å². The van der Waals surface area contributed by atoms with Crippen molar-refractivity contribution in [1.82, 2.24) is 19.6 Å². The molecule has 1 unspecified atom stereocenters. The van der Waals surface area contributed by atoms with E-state index in [1.807, 2.05) is 0 Å². The lowest BCUT2D eigenvalue weighted by molar-refractivity contribution is 0.194. The molecule has 2 heterocycles. The second-order valence-corrected chi connectivity index (χ2v) is 2.53. The van der Waals surface area contributed by atoms with Crippen molar-refractivity contribution < 1.29 is 5.11 Å². The molecule has 0 aliphatic carbocycles. The molecular formula is C7H8N4O. The third kappa shape index (κ3) is 1.04. The molecule has 0 saturated carbocycles. The van der Waals surface area contributed by atoms with Gasteiger partial charge in [-0.15, -0.1) is 0 Å². The van der Waals surface area contributed by atoms with Crippen LogP contribution in [0, 0.1) is 0 Å². The normalized spacial score (nSPS) is 13.5. The monoisotopic (exact) mass is 164 g/mol. The number of nitrogens with zero attached hydrogens (tertiary/aromatic N) is 4. The maximum Gasteiger partial charge on any atom is 0.252 e. The Morgan fingerprint density at radius 2 is 2.42 bits per heavy atom. The molecule has 0 radical (unpaired) electrons. The van der Waals surface area contributed by atoms with Crippen LogP contribution in [-0.2, 0) is 0 Å². The van der Waals surface area contributed by atoms with Crippen molar-refractivity contribution in [2.45, 2.75) is 13.0 Å². The summed E-state index contributed by atoms with van der Waals surface area (Å²) in [5.74, 6) is 0.508. The average Bonchev–Trinajstić information content (AvgIpc) is 2.49. The molecule has 1 N–H and O–H groups in total. The molecule has 0 amide bonds. The zero-order valence-corrected chi connectivity index (χ0v) is 6.55. The fraction of sp³-hybridized carbons (Fsp3) is 0.286. The number of aliphatic hydroxyl groups is 1. The first-order chi connectivity index (χ1) is 5.77. The predicted octanol–water partition coefficient (Wildman–Crippen LogP) is 0.178. The topological polar surface area (TPSA) is 63.3 Å². The standard InChI is InChI=1S/C7H8N4O/c1-5(12)6-2-3-11-7(10-6)8-4-9-11/h2-5,12H,1H3. The smallest absolute Gasteiger partial charge is 0.252 e. The highest BCUT2D eigenvalue weighted by Gasteiger charge is 2.03. The van der Waals surface area contributed by atoms with E-state index < -0.39 is 6.10 Å². The van der Waals surface area contributed by atoms with Gasteiger partial charge in [0.15, 0.2) is 0 Å². The van der Waals surface area contributed by atoms with E-state index in [0.717, 1.165) is 0 Å². The van der Waals surface area contributed by atoms with Crippen molar-refractivity contribution in [2.75, 3.05) is 0 Å². The van der Waals surface area contributed by atoms with E-state index in [9.17, 15) is 5.11 Å². The predicted molar refractivity (Wildman–Crippen MR) is 41.4 cm³/mol. The Morgan fingerprint density at radius 3 is 3.17 bits per heavy atom. The van der Waals surface area contributed by atoms with Crippen LogP contribution in [0.25, 0.3) is 5.78 Å². The van der Waals surface area contributed by atoms with E-state index in [-0.39, 0.29) is 0 Å². The first-order valence-corrected chi connectivity index (χ1v) is 3.62. The third-order valence-electron chi connectivity index (χ3n) is 1.60. The van der Waals surface area contributed by atoms with E-state index in [4.69, 9.17) is 0 Å². The van der Waals surface area contributed by atoms with Crippen LogP contribution in [0.4, 0.5) is 0 Å². The van der Waals surface area contributed by atoms with Gasteiger partial charge in [0.25, 0.3) is 5.78 Å². The highest BCUT2D eigenvalue weighted by atomic mass is 16.3. The fourth-order valence-electron chi connectivity index (χ4n) is 0.962. The van der Waals surface area contributed by atoms with Crippen LogP contribution in [0.2, 0.25) is 0 Å². The zero-order chi connectivity index (χ0) is 8.55. The fourth-order valence-corrected chi connectivity index (χ4v) is 0.962. The summed E-state index contributed by atoms with van der Waals surface area (Å²) in [7, 11) is 0. The van der Waals surface area contributed by atoms with Gasteiger partial charge in [0.1, 0.15) is 6.33 Å². The largest absolute Gasteiger partial charge is 0.387 e. The second kappa shape index (κ2) is 2.53. The summed E-state index contributed by atoms with van der Waals surface area (Å²) in [5.41, 5.74) is 0.607. The van der Waals surface area contributed by atoms with Crippen LogP contribution < -0.4 is 0 Å². The van der Waals surface area contributed by atoms with Crippen molar-refractivity contribution in [2.24, 2.45) is 0 Å². The van der Waals surface area contributed by atoms with Crippen molar-refractivity contribution in [1.29, 1.82) is 0 Å². The Balaban J connectivity index is 2.60. The van der Waals surface area contributed by atoms with Crippen molar-refractivity contribution in [3.05, 3.63) is 24.3 Å². The van der Waals surface area contributed by atoms with Crippen molar-refractivity contribution in [3.63, 3.8) is 0 Å². The summed E-state index contributed by atoms with van der Waals surface area (Å²) in [6.45, 7) is 1.66. The van der Waals surface area contributed by atoms with Gasteiger partial charge in [-0.1, -0.05) is 0 Å². The Labute approximate surface area is 68.7 Å². The molecule has 0 aromatic carbocycles. The van der Waals surface area contributed by atoms with Gasteiger partial charge in [0.05, 0.1) is 11.8 Å². The van der Waals surface area contributed by atoms with E-state index in [2.05, 4.69) is 15.1 Å². The lowest BCUT2D eigenvalue weighted by Gasteiger charge is -2.01. The van der Waals surface area contributed by atoms with E-state index >= 15 is 0 Å². The molecule has 2 rings (SSSR count). The summed E-state index contributed by atoms with van der Waals surface area (Å²) >= 11 is 0. The van der Waals surface area contributed by atoms with Gasteiger partial charge in [-0.25, -0.2) is 9.50 Å². The minimum absolute atomic E-state index is 0.508. The molecule has 0 saturated heterocycles. The van der Waals surface area contributed by atoms with Gasteiger partial charge in [-0.3, -0.25) is 0 Å². The molecule has 0 aliphatic rings. The maximum absolute atomic E-state index is 9.20. The number of hydrogen-bond acceptors (Lipinski definition) is 4. The summed E-state index contributed by atoms with van der Waals surface area (Å²) in [6.07, 6.45) is 2.58. The minimum Gasteiger partial charge on any atom is -0.387 e. The SMILES string of the molecule is CC(O)c1ccn2ncnc2n1. The Morgan fingerprint density at radius 1 is 1.58 bits per heavy atom. The first-order valence-electron chi connectivity index (χ1n) is 3.62. The molecule has 12 heavy (non-hydrogen) atoms. The highest BCUT2D eigenvalue weighted by Crippen LogP contribution is 2.07. The molecule has 0 fully saturated rings. The quantitative estimate of drug-likeness (QED) is 0.653. The molecule has 0 aliphatic heterocycles. The summed E-state index contributed by atoms with van der Waals surface area (Å²) in [6, 6.07) is 1.71. The molecule has 5 nitrogen and oxygen atoms in total. The molecule has 2 aromatic rings. The lowest BCUT2D eigenvalue weighted by atomic mass is 10.3. The zero-order valence-electron chi connectivity index (χ0n) is 6.55. The molecule has 0 spiro atoms. The number of aromatic nitrogens is 4. The molecular weight excluding hydrogens is 156 g/mol. The number of rotatable bonds is 1. The van der Waals surface area contributed by atoms with Crippen LogP contribution in [0.15, 0.2) is 18.6 Å². The minimum atomic E-state index is -0.563. The Bertz CT molecular complexity index is 395. The maximum atomic E-state index is 9.20. The second-order valence-electron chi connectivity index (χ2n) is 2.53. The average molecular weight is 164 g/mol. The molecule has 2 aromatic heterocycles. The van der Waals surface area contributed by atoms with Crippen LogP contribution in [0.1, 0.15) is 18.7 Å². The van der Waals surface area contributed by atoms with Gasteiger partial charge in [-0.05, 0) is 13.0 Å². The van der Waals surface area contributed by atoms with Gasteiger partial charge < -0.3 is 5.11 Å². The van der Waals surface area contributed by atoms with Crippen LogP contribution in [-0.4, -0.2) is 24.7 Å².